The second-order valence-corrected chi connectivity index (χ2v) is 7.18. The molecule has 0 saturated carbocycles. The lowest BCUT2D eigenvalue weighted by Gasteiger charge is -2.11. The van der Waals surface area contributed by atoms with Crippen molar-refractivity contribution in [3.8, 4) is 5.75 Å². The quantitative estimate of drug-likeness (QED) is 0.571. The van der Waals surface area contributed by atoms with Crippen LogP contribution in [0.1, 0.15) is 16.1 Å². The molecule has 2 aromatic heterocycles. The molecular formula is C17H17BrClN3OS. The topological polar surface area (TPSA) is 47.0 Å². The highest BCUT2D eigenvalue weighted by atomic mass is 79.9. The fourth-order valence-electron chi connectivity index (χ4n) is 1.99. The van der Waals surface area contributed by atoms with Crippen molar-refractivity contribution in [2.75, 3.05) is 5.32 Å². The molecule has 1 aromatic carbocycles. The van der Waals surface area contributed by atoms with E-state index >= 15 is 0 Å². The van der Waals surface area contributed by atoms with Crippen LogP contribution in [0.25, 0.3) is 0 Å². The molecule has 0 bridgehead atoms. The molecule has 0 aliphatic rings. The number of pyridine rings is 1. The highest BCUT2D eigenvalue weighted by molar-refractivity contribution is 9.10. The first-order valence-electron chi connectivity index (χ1n) is 7.15. The molecule has 4 nitrogen and oxygen atoms in total. The van der Waals surface area contributed by atoms with Crippen LogP contribution in [0.15, 0.2) is 47.1 Å². The average Bonchev–Trinajstić information content (AvgIpc) is 2.86. The van der Waals surface area contributed by atoms with Crippen molar-refractivity contribution in [2.24, 2.45) is 0 Å². The minimum absolute atomic E-state index is 0. The Morgan fingerprint density at radius 1 is 1.21 bits per heavy atom. The normalized spacial score (nSPS) is 10.1. The van der Waals surface area contributed by atoms with E-state index in [2.05, 4.69) is 38.1 Å². The minimum Gasteiger partial charge on any atom is -0.485 e. The third-order valence-corrected chi connectivity index (χ3v) is 4.73. The van der Waals surface area contributed by atoms with E-state index in [0.717, 1.165) is 20.9 Å². The van der Waals surface area contributed by atoms with Gasteiger partial charge in [-0.2, -0.15) is 0 Å². The molecule has 0 radical (unpaired) electrons. The van der Waals surface area contributed by atoms with Crippen molar-refractivity contribution >= 4 is 50.6 Å². The van der Waals surface area contributed by atoms with E-state index < -0.39 is 0 Å². The van der Waals surface area contributed by atoms with Crippen LogP contribution in [0.2, 0.25) is 0 Å². The molecule has 24 heavy (non-hydrogen) atoms. The van der Waals surface area contributed by atoms with Crippen molar-refractivity contribution in [2.45, 2.75) is 20.5 Å². The molecule has 2 heterocycles. The number of aromatic nitrogens is 2. The standard InChI is InChI=1S/C17H16BrN3OS.ClH/c1-11-12(2)23-17(20-11)21-16-15(8-14(18)9-19-16)22-10-13-6-4-3-5-7-13;/h3-9H,10H2,1-2H3,(H,19,20,21);1H. The van der Waals surface area contributed by atoms with Crippen LogP contribution in [0, 0.1) is 13.8 Å². The van der Waals surface area contributed by atoms with E-state index in [1.165, 1.54) is 4.88 Å². The molecule has 0 saturated heterocycles. The first kappa shape index (κ1) is 18.7. The lowest BCUT2D eigenvalue weighted by molar-refractivity contribution is 0.306. The van der Waals surface area contributed by atoms with E-state index in [0.29, 0.717) is 18.2 Å². The van der Waals surface area contributed by atoms with Gasteiger partial charge >= 0.3 is 0 Å². The van der Waals surface area contributed by atoms with Gasteiger partial charge in [0, 0.05) is 15.5 Å². The number of thiazole rings is 1. The van der Waals surface area contributed by atoms with Gasteiger partial charge in [-0.1, -0.05) is 30.3 Å². The summed E-state index contributed by atoms with van der Waals surface area (Å²) in [6.07, 6.45) is 1.74. The fourth-order valence-corrected chi connectivity index (χ4v) is 3.11. The van der Waals surface area contributed by atoms with E-state index in [-0.39, 0.29) is 12.4 Å². The maximum Gasteiger partial charge on any atom is 0.188 e. The van der Waals surface area contributed by atoms with Gasteiger partial charge in [-0.3, -0.25) is 0 Å². The van der Waals surface area contributed by atoms with Crippen LogP contribution in [0.4, 0.5) is 10.9 Å². The van der Waals surface area contributed by atoms with Gasteiger partial charge in [-0.25, -0.2) is 9.97 Å². The van der Waals surface area contributed by atoms with Crippen LogP contribution in [0.5, 0.6) is 5.75 Å². The Morgan fingerprint density at radius 2 is 1.96 bits per heavy atom. The summed E-state index contributed by atoms with van der Waals surface area (Å²) in [5.74, 6) is 1.35. The Morgan fingerprint density at radius 3 is 2.62 bits per heavy atom. The number of hydrogen-bond donors (Lipinski definition) is 1. The predicted molar refractivity (Wildman–Crippen MR) is 105 cm³/mol. The summed E-state index contributed by atoms with van der Waals surface area (Å²) in [6, 6.07) is 12.0. The first-order chi connectivity index (χ1) is 11.1. The number of benzene rings is 1. The summed E-state index contributed by atoms with van der Waals surface area (Å²) in [6.45, 7) is 4.54. The second kappa shape index (κ2) is 8.46. The first-order valence-corrected chi connectivity index (χ1v) is 8.76. The van der Waals surface area contributed by atoms with Gasteiger partial charge in [0.05, 0.1) is 5.69 Å². The molecule has 7 heteroatoms. The zero-order valence-electron chi connectivity index (χ0n) is 13.2. The third kappa shape index (κ3) is 4.69. The van der Waals surface area contributed by atoms with Gasteiger partial charge in [0.15, 0.2) is 16.7 Å². The molecule has 0 spiro atoms. The maximum atomic E-state index is 5.94. The number of rotatable bonds is 5. The summed E-state index contributed by atoms with van der Waals surface area (Å²) in [5, 5.41) is 4.07. The Bertz CT molecular complexity index is 791. The van der Waals surface area contributed by atoms with Crippen LogP contribution >= 0.6 is 39.7 Å². The molecule has 3 aromatic rings. The highest BCUT2D eigenvalue weighted by Crippen LogP contribution is 2.31. The number of aryl methyl sites for hydroxylation is 2. The average molecular weight is 427 g/mol. The number of hydrogen-bond acceptors (Lipinski definition) is 5. The van der Waals surface area contributed by atoms with Crippen molar-refractivity contribution in [3.05, 3.63) is 63.2 Å². The Hall–Kier alpha value is -1.63. The van der Waals surface area contributed by atoms with Crippen molar-refractivity contribution < 1.29 is 4.74 Å². The van der Waals surface area contributed by atoms with Gasteiger partial charge in [0.1, 0.15) is 6.61 Å². The third-order valence-electron chi connectivity index (χ3n) is 3.31. The van der Waals surface area contributed by atoms with Crippen LogP contribution in [-0.4, -0.2) is 9.97 Å². The summed E-state index contributed by atoms with van der Waals surface area (Å²) in [7, 11) is 0. The van der Waals surface area contributed by atoms with Gasteiger partial charge in [0.25, 0.3) is 0 Å². The molecule has 0 fully saturated rings. The Labute approximate surface area is 159 Å². The van der Waals surface area contributed by atoms with Crippen molar-refractivity contribution in [3.63, 3.8) is 0 Å². The highest BCUT2D eigenvalue weighted by Gasteiger charge is 2.10. The number of anilines is 2. The summed E-state index contributed by atoms with van der Waals surface area (Å²) < 4.78 is 6.81. The van der Waals surface area contributed by atoms with Crippen molar-refractivity contribution in [1.29, 1.82) is 0 Å². The molecule has 0 amide bonds. The molecule has 0 aliphatic heterocycles. The van der Waals surface area contributed by atoms with Crippen molar-refractivity contribution in [1.82, 2.24) is 9.97 Å². The van der Waals surface area contributed by atoms with Gasteiger partial charge in [-0.05, 0) is 41.4 Å². The number of halogens is 2. The molecule has 3 rings (SSSR count). The van der Waals surface area contributed by atoms with Crippen LogP contribution in [-0.2, 0) is 6.61 Å². The lowest BCUT2D eigenvalue weighted by Crippen LogP contribution is -2.01. The van der Waals surface area contributed by atoms with Crippen LogP contribution < -0.4 is 10.1 Å². The monoisotopic (exact) mass is 425 g/mol. The fraction of sp³-hybridized carbons (Fsp3) is 0.176. The molecule has 1 N–H and O–H groups in total. The van der Waals surface area contributed by atoms with E-state index in [1.807, 2.05) is 43.3 Å². The zero-order valence-corrected chi connectivity index (χ0v) is 16.5. The molecule has 0 atom stereocenters. The smallest absolute Gasteiger partial charge is 0.188 e. The minimum atomic E-state index is 0. The molecule has 0 unspecified atom stereocenters. The van der Waals surface area contributed by atoms with Gasteiger partial charge in [0.2, 0.25) is 0 Å². The number of nitrogens with zero attached hydrogens (tertiary/aromatic N) is 2. The number of nitrogens with one attached hydrogen (secondary N) is 1. The summed E-state index contributed by atoms with van der Waals surface area (Å²) >= 11 is 5.05. The molecule has 0 aliphatic carbocycles. The summed E-state index contributed by atoms with van der Waals surface area (Å²) in [5.41, 5.74) is 2.14. The Balaban J connectivity index is 0.00000208. The maximum absolute atomic E-state index is 5.94. The van der Waals surface area contributed by atoms with Gasteiger partial charge in [-0.15, -0.1) is 23.7 Å². The number of ether oxygens (including phenoxy) is 1. The largest absolute Gasteiger partial charge is 0.485 e. The van der Waals surface area contributed by atoms with Crippen LogP contribution in [0.3, 0.4) is 0 Å². The molecule has 126 valence electrons. The van der Waals surface area contributed by atoms with Gasteiger partial charge < -0.3 is 10.1 Å². The SMILES string of the molecule is Cc1nc(Nc2ncc(Br)cc2OCc2ccccc2)sc1C.Cl. The van der Waals surface area contributed by atoms with E-state index in [9.17, 15) is 0 Å². The molecular weight excluding hydrogens is 410 g/mol. The lowest BCUT2D eigenvalue weighted by atomic mass is 10.2. The van der Waals surface area contributed by atoms with E-state index in [4.69, 9.17) is 4.74 Å². The second-order valence-electron chi connectivity index (χ2n) is 5.06. The zero-order chi connectivity index (χ0) is 16.2. The summed E-state index contributed by atoms with van der Waals surface area (Å²) in [4.78, 5) is 10.1. The van der Waals surface area contributed by atoms with E-state index in [1.54, 1.807) is 17.5 Å². The Kier molecular flexibility index (Phi) is 6.60. The predicted octanol–water partition coefficient (Wildman–Crippen LogP) is 5.66.